The number of nitrogens with zero attached hydrogens (tertiary/aromatic N) is 3. The monoisotopic (exact) mass is 302 g/mol. The molecule has 1 aliphatic carbocycles. The molecule has 1 saturated carbocycles. The second-order valence-corrected chi connectivity index (χ2v) is 6.59. The predicted molar refractivity (Wildman–Crippen MR) is 89.2 cm³/mol. The van der Waals surface area contributed by atoms with Crippen LogP contribution in [0.5, 0.6) is 0 Å². The molecule has 1 N–H and O–H groups in total. The van der Waals surface area contributed by atoms with Gasteiger partial charge in [0.25, 0.3) is 0 Å². The van der Waals surface area contributed by atoms with Crippen LogP contribution in [0.2, 0.25) is 0 Å². The number of hydrogen-bond acceptors (Lipinski definition) is 4. The molecular weight excluding hydrogens is 276 g/mol. The molecule has 1 aromatic rings. The number of hydrogen-bond donors (Lipinski definition) is 1. The summed E-state index contributed by atoms with van der Waals surface area (Å²) in [4.78, 5) is 21.1. The van der Waals surface area contributed by atoms with E-state index in [4.69, 9.17) is 0 Å². The molecule has 120 valence electrons. The zero-order valence-electron chi connectivity index (χ0n) is 13.4. The fraction of sp³-hybridized carbons (Fsp3) is 0.647. The van der Waals surface area contributed by atoms with Crippen molar-refractivity contribution in [1.29, 1.82) is 0 Å². The number of likely N-dealkylation sites (N-methyl/N-ethyl adjacent to an activating group) is 1. The Bertz CT molecular complexity index is 488. The number of anilines is 2. The number of carbonyl (C=O) groups is 1. The zero-order chi connectivity index (χ0) is 15.4. The third-order valence-electron chi connectivity index (χ3n) is 4.83. The number of piperazine rings is 1. The lowest BCUT2D eigenvalue weighted by Gasteiger charge is -2.33. The molecule has 0 bridgehead atoms. The summed E-state index contributed by atoms with van der Waals surface area (Å²) in [5.41, 5.74) is 1.14. The summed E-state index contributed by atoms with van der Waals surface area (Å²) < 4.78 is 0. The Morgan fingerprint density at radius 1 is 1.23 bits per heavy atom. The first-order chi connectivity index (χ1) is 10.7. The molecule has 1 aliphatic heterocycles. The highest BCUT2D eigenvalue weighted by molar-refractivity contribution is 5.90. The van der Waals surface area contributed by atoms with Crippen molar-refractivity contribution in [3.8, 4) is 0 Å². The lowest BCUT2D eigenvalue weighted by Crippen LogP contribution is -2.44. The van der Waals surface area contributed by atoms with Gasteiger partial charge in [-0.3, -0.25) is 4.79 Å². The Labute approximate surface area is 132 Å². The Morgan fingerprint density at radius 3 is 2.59 bits per heavy atom. The number of rotatable bonds is 4. The molecule has 3 rings (SSSR count). The minimum absolute atomic E-state index is 0.103. The molecule has 0 radical (unpaired) electrons. The van der Waals surface area contributed by atoms with Gasteiger partial charge in [0, 0.05) is 32.6 Å². The first-order valence-electron chi connectivity index (χ1n) is 8.40. The van der Waals surface area contributed by atoms with Crippen LogP contribution in [0.4, 0.5) is 11.5 Å². The lowest BCUT2D eigenvalue weighted by atomic mass is 10.0. The maximum Gasteiger partial charge on any atom is 0.225 e. The van der Waals surface area contributed by atoms with Crippen LogP contribution in [-0.4, -0.2) is 49.0 Å². The van der Waals surface area contributed by atoms with E-state index in [0.29, 0.717) is 18.2 Å². The van der Waals surface area contributed by atoms with E-state index in [1.165, 1.54) is 25.7 Å². The van der Waals surface area contributed by atoms with Crippen LogP contribution in [0.3, 0.4) is 0 Å². The van der Waals surface area contributed by atoms with Crippen molar-refractivity contribution in [1.82, 2.24) is 9.88 Å². The van der Waals surface area contributed by atoms with E-state index in [9.17, 15) is 4.79 Å². The molecule has 1 saturated heterocycles. The first-order valence-corrected chi connectivity index (χ1v) is 8.40. The van der Waals surface area contributed by atoms with Crippen LogP contribution in [0.15, 0.2) is 18.3 Å². The van der Waals surface area contributed by atoms with Gasteiger partial charge >= 0.3 is 0 Å². The molecule has 0 atom stereocenters. The Balaban J connectivity index is 1.51. The molecule has 1 aromatic heterocycles. The van der Waals surface area contributed by atoms with Crippen molar-refractivity contribution in [2.75, 3.05) is 43.4 Å². The smallest absolute Gasteiger partial charge is 0.225 e. The van der Waals surface area contributed by atoms with Crippen LogP contribution in [0, 0.1) is 5.92 Å². The van der Waals surface area contributed by atoms with Gasteiger partial charge in [-0.05, 0) is 37.9 Å². The molecule has 0 spiro atoms. The van der Waals surface area contributed by atoms with Gasteiger partial charge < -0.3 is 15.1 Å². The van der Waals surface area contributed by atoms with E-state index in [2.05, 4.69) is 33.2 Å². The summed E-state index contributed by atoms with van der Waals surface area (Å²) in [7, 11) is 2.15. The normalized spacial score (nSPS) is 20.3. The molecule has 0 aromatic carbocycles. The molecule has 2 heterocycles. The van der Waals surface area contributed by atoms with Gasteiger partial charge in [0.1, 0.15) is 5.82 Å². The Morgan fingerprint density at radius 2 is 1.95 bits per heavy atom. The van der Waals surface area contributed by atoms with Crippen molar-refractivity contribution in [3.05, 3.63) is 18.3 Å². The maximum atomic E-state index is 12.0. The average Bonchev–Trinajstić information content (AvgIpc) is 3.02. The molecule has 0 unspecified atom stereocenters. The molecular formula is C17H26N4O. The van der Waals surface area contributed by atoms with Gasteiger partial charge in [-0.25, -0.2) is 4.98 Å². The Hall–Kier alpha value is -1.62. The summed E-state index contributed by atoms with van der Waals surface area (Å²) in [5.74, 6) is 1.34. The topological polar surface area (TPSA) is 48.5 Å². The number of nitrogens with one attached hydrogen (secondary N) is 1. The minimum Gasteiger partial charge on any atom is -0.368 e. The highest BCUT2D eigenvalue weighted by Crippen LogP contribution is 2.27. The molecule has 22 heavy (non-hydrogen) atoms. The predicted octanol–water partition coefficient (Wildman–Crippen LogP) is 2.35. The van der Waals surface area contributed by atoms with Crippen molar-refractivity contribution >= 4 is 17.4 Å². The highest BCUT2D eigenvalue weighted by Gasteiger charge is 2.19. The van der Waals surface area contributed by atoms with Crippen LogP contribution < -0.4 is 10.2 Å². The number of aromatic nitrogens is 1. The van der Waals surface area contributed by atoms with Crippen molar-refractivity contribution in [2.24, 2.45) is 5.92 Å². The SMILES string of the molecule is CN1CCN(c2ccc(NC(=O)CC3CCCC3)nc2)CC1. The van der Waals surface area contributed by atoms with E-state index < -0.39 is 0 Å². The first kappa shape index (κ1) is 15.3. The van der Waals surface area contributed by atoms with Crippen LogP contribution in [-0.2, 0) is 4.79 Å². The van der Waals surface area contributed by atoms with E-state index in [0.717, 1.165) is 31.9 Å². The zero-order valence-corrected chi connectivity index (χ0v) is 13.4. The number of amides is 1. The largest absolute Gasteiger partial charge is 0.368 e. The molecule has 2 aliphatic rings. The van der Waals surface area contributed by atoms with E-state index >= 15 is 0 Å². The van der Waals surface area contributed by atoms with Gasteiger partial charge in [0.15, 0.2) is 0 Å². The van der Waals surface area contributed by atoms with Gasteiger partial charge in [0.2, 0.25) is 5.91 Å². The van der Waals surface area contributed by atoms with Crippen LogP contribution in [0.25, 0.3) is 0 Å². The van der Waals surface area contributed by atoms with Crippen LogP contribution >= 0.6 is 0 Å². The number of carbonyl (C=O) groups excluding carboxylic acids is 1. The molecule has 1 amide bonds. The third-order valence-corrected chi connectivity index (χ3v) is 4.83. The van der Waals surface area contributed by atoms with Crippen molar-refractivity contribution < 1.29 is 4.79 Å². The van der Waals surface area contributed by atoms with Gasteiger partial charge in [-0.1, -0.05) is 12.8 Å². The molecule has 5 nitrogen and oxygen atoms in total. The lowest BCUT2D eigenvalue weighted by molar-refractivity contribution is -0.117. The summed E-state index contributed by atoms with van der Waals surface area (Å²) in [5, 5.41) is 2.93. The average molecular weight is 302 g/mol. The third kappa shape index (κ3) is 3.97. The summed E-state index contributed by atoms with van der Waals surface area (Å²) in [6.07, 6.45) is 7.45. The summed E-state index contributed by atoms with van der Waals surface area (Å²) >= 11 is 0. The highest BCUT2D eigenvalue weighted by atomic mass is 16.1. The maximum absolute atomic E-state index is 12.0. The van der Waals surface area contributed by atoms with E-state index in [1.807, 2.05) is 12.3 Å². The minimum atomic E-state index is 0.103. The Kier molecular flexibility index (Phi) is 4.93. The van der Waals surface area contributed by atoms with Crippen LogP contribution in [0.1, 0.15) is 32.1 Å². The summed E-state index contributed by atoms with van der Waals surface area (Å²) in [6, 6.07) is 3.98. The molecule has 2 fully saturated rings. The van der Waals surface area contributed by atoms with Gasteiger partial charge in [0.05, 0.1) is 11.9 Å². The van der Waals surface area contributed by atoms with Crippen molar-refractivity contribution in [3.63, 3.8) is 0 Å². The summed E-state index contributed by atoms with van der Waals surface area (Å²) in [6.45, 7) is 4.23. The van der Waals surface area contributed by atoms with E-state index in [-0.39, 0.29) is 5.91 Å². The fourth-order valence-corrected chi connectivity index (χ4v) is 3.38. The fourth-order valence-electron chi connectivity index (χ4n) is 3.38. The quantitative estimate of drug-likeness (QED) is 0.927. The van der Waals surface area contributed by atoms with Gasteiger partial charge in [-0.15, -0.1) is 0 Å². The van der Waals surface area contributed by atoms with Gasteiger partial charge in [-0.2, -0.15) is 0 Å². The molecule has 5 heteroatoms. The number of pyridine rings is 1. The van der Waals surface area contributed by atoms with E-state index in [1.54, 1.807) is 0 Å². The van der Waals surface area contributed by atoms with Crippen molar-refractivity contribution in [2.45, 2.75) is 32.1 Å². The standard InChI is InChI=1S/C17H26N4O/c1-20-8-10-21(11-9-20)15-6-7-16(18-13-15)19-17(22)12-14-4-2-3-5-14/h6-7,13-14H,2-5,8-12H2,1H3,(H,18,19,22). The second-order valence-electron chi connectivity index (χ2n) is 6.59. The second kappa shape index (κ2) is 7.09.